The monoisotopic (exact) mass is 306 g/mol. The first-order valence-electron chi connectivity index (χ1n) is 5.25. The zero-order valence-corrected chi connectivity index (χ0v) is 11.1. The lowest BCUT2D eigenvalue weighted by Crippen LogP contribution is -2.37. The molecule has 0 unspecified atom stereocenters. The second-order valence-corrected chi connectivity index (χ2v) is 4.72. The fraction of sp³-hybridized carbons (Fsp3) is 0.250. The molecule has 2 amide bonds. The van der Waals surface area contributed by atoms with Crippen LogP contribution in [0.4, 0.5) is 28.0 Å². The van der Waals surface area contributed by atoms with Crippen LogP contribution in [-0.2, 0) is 0 Å². The number of benzene rings is 1. The summed E-state index contributed by atoms with van der Waals surface area (Å²) in [4.78, 5) is 12.2. The van der Waals surface area contributed by atoms with Crippen LogP contribution in [0.5, 0.6) is 0 Å². The number of halogens is 4. The standard InChI is InChI=1S/C12H10F4N2OS/c1-3-6-17-11(19)18(2)10-5-4-8(7-9(10)13)20-12(14,15)16/h1,4-5,7H,6H2,2H3,(H,17,19). The minimum absolute atomic E-state index is 0.0349. The lowest BCUT2D eigenvalue weighted by atomic mass is 10.3. The van der Waals surface area contributed by atoms with Gasteiger partial charge in [0.1, 0.15) is 5.82 Å². The quantitative estimate of drug-likeness (QED) is 0.528. The van der Waals surface area contributed by atoms with Gasteiger partial charge in [0.2, 0.25) is 0 Å². The Morgan fingerprint density at radius 3 is 2.65 bits per heavy atom. The zero-order valence-electron chi connectivity index (χ0n) is 10.3. The van der Waals surface area contributed by atoms with E-state index in [1.807, 2.05) is 0 Å². The number of urea groups is 1. The minimum atomic E-state index is -4.50. The van der Waals surface area contributed by atoms with Crippen molar-refractivity contribution in [3.05, 3.63) is 24.0 Å². The van der Waals surface area contributed by atoms with Gasteiger partial charge < -0.3 is 5.32 Å². The molecular formula is C12H10F4N2OS. The summed E-state index contributed by atoms with van der Waals surface area (Å²) in [6, 6.07) is 2.25. The number of terminal acetylenes is 1. The first-order valence-corrected chi connectivity index (χ1v) is 6.06. The van der Waals surface area contributed by atoms with Crippen LogP contribution in [0.1, 0.15) is 0 Å². The van der Waals surface area contributed by atoms with Crippen LogP contribution in [0, 0.1) is 18.2 Å². The molecule has 1 aromatic rings. The number of amides is 2. The summed E-state index contributed by atoms with van der Waals surface area (Å²) in [6.45, 7) is -0.0349. The maximum Gasteiger partial charge on any atom is 0.446 e. The Kier molecular flexibility index (Phi) is 5.27. The number of carbonyl (C=O) groups is 1. The topological polar surface area (TPSA) is 32.3 Å². The van der Waals surface area contributed by atoms with E-state index >= 15 is 0 Å². The van der Waals surface area contributed by atoms with E-state index in [0.29, 0.717) is 0 Å². The first kappa shape index (κ1) is 16.2. The molecule has 0 aromatic heterocycles. The highest BCUT2D eigenvalue weighted by Crippen LogP contribution is 2.38. The predicted octanol–water partition coefficient (Wildman–Crippen LogP) is 3.22. The molecule has 0 saturated heterocycles. The first-order chi connectivity index (χ1) is 9.24. The van der Waals surface area contributed by atoms with Gasteiger partial charge in [0.25, 0.3) is 0 Å². The number of anilines is 1. The van der Waals surface area contributed by atoms with Crippen molar-refractivity contribution in [3.63, 3.8) is 0 Å². The molecule has 0 fully saturated rings. The van der Waals surface area contributed by atoms with E-state index in [1.54, 1.807) is 0 Å². The third-order valence-corrected chi connectivity index (χ3v) is 2.88. The number of nitrogens with zero attached hydrogens (tertiary/aromatic N) is 1. The van der Waals surface area contributed by atoms with E-state index < -0.39 is 29.1 Å². The fourth-order valence-corrected chi connectivity index (χ4v) is 1.88. The van der Waals surface area contributed by atoms with Crippen molar-refractivity contribution >= 4 is 23.5 Å². The Hall–Kier alpha value is -1.88. The second kappa shape index (κ2) is 6.52. The molecule has 0 radical (unpaired) electrons. The number of carbonyl (C=O) groups excluding carboxylic acids is 1. The summed E-state index contributed by atoms with van der Waals surface area (Å²) in [5, 5.41) is 2.31. The summed E-state index contributed by atoms with van der Waals surface area (Å²) < 4.78 is 50.2. The predicted molar refractivity (Wildman–Crippen MR) is 68.9 cm³/mol. The third kappa shape index (κ3) is 4.66. The van der Waals surface area contributed by atoms with Crippen molar-refractivity contribution in [3.8, 4) is 12.3 Å². The number of hydrogen-bond acceptors (Lipinski definition) is 2. The number of alkyl halides is 3. The van der Waals surface area contributed by atoms with Crippen molar-refractivity contribution in [2.75, 3.05) is 18.5 Å². The molecule has 8 heteroatoms. The Morgan fingerprint density at radius 1 is 1.50 bits per heavy atom. The van der Waals surface area contributed by atoms with Crippen LogP contribution in [0.2, 0.25) is 0 Å². The van der Waals surface area contributed by atoms with Crippen molar-refractivity contribution in [2.24, 2.45) is 0 Å². The molecule has 0 saturated carbocycles. The van der Waals surface area contributed by atoms with Gasteiger partial charge in [0.15, 0.2) is 0 Å². The zero-order chi connectivity index (χ0) is 15.3. The van der Waals surface area contributed by atoms with Gasteiger partial charge in [-0.1, -0.05) is 5.92 Å². The van der Waals surface area contributed by atoms with E-state index in [9.17, 15) is 22.4 Å². The van der Waals surface area contributed by atoms with E-state index in [2.05, 4.69) is 11.2 Å². The van der Waals surface area contributed by atoms with Gasteiger partial charge in [0, 0.05) is 11.9 Å². The normalized spacial score (nSPS) is 10.8. The molecule has 108 valence electrons. The van der Waals surface area contributed by atoms with Gasteiger partial charge in [-0.15, -0.1) is 6.42 Å². The maximum atomic E-state index is 13.7. The lowest BCUT2D eigenvalue weighted by molar-refractivity contribution is -0.0328. The molecule has 0 heterocycles. The highest BCUT2D eigenvalue weighted by Gasteiger charge is 2.29. The van der Waals surface area contributed by atoms with Gasteiger partial charge in [-0.25, -0.2) is 9.18 Å². The fourth-order valence-electron chi connectivity index (χ4n) is 1.31. The Labute approximate surface area is 117 Å². The smallest absolute Gasteiger partial charge is 0.327 e. The van der Waals surface area contributed by atoms with Crippen molar-refractivity contribution in [2.45, 2.75) is 10.4 Å². The summed E-state index contributed by atoms with van der Waals surface area (Å²) in [5.74, 6) is 1.24. The summed E-state index contributed by atoms with van der Waals surface area (Å²) in [5.41, 5.74) is -4.64. The van der Waals surface area contributed by atoms with E-state index in [0.717, 1.165) is 23.1 Å². The molecule has 1 aromatic carbocycles. The summed E-state index contributed by atoms with van der Waals surface area (Å²) in [7, 11) is 1.28. The van der Waals surface area contributed by atoms with Crippen LogP contribution in [0.15, 0.2) is 23.1 Å². The SMILES string of the molecule is C#CCNC(=O)N(C)c1ccc(SC(F)(F)F)cc1F. The number of nitrogens with one attached hydrogen (secondary N) is 1. The van der Waals surface area contributed by atoms with Crippen LogP contribution >= 0.6 is 11.8 Å². The molecule has 0 spiro atoms. The number of thioether (sulfide) groups is 1. The average molecular weight is 306 g/mol. The van der Waals surface area contributed by atoms with E-state index in [-0.39, 0.29) is 17.1 Å². The molecule has 0 atom stereocenters. The Bertz CT molecular complexity index is 539. The largest absolute Gasteiger partial charge is 0.446 e. The van der Waals surface area contributed by atoms with Crippen LogP contribution < -0.4 is 10.2 Å². The molecule has 1 rings (SSSR count). The lowest BCUT2D eigenvalue weighted by Gasteiger charge is -2.18. The summed E-state index contributed by atoms with van der Waals surface area (Å²) in [6.07, 6.45) is 4.96. The van der Waals surface area contributed by atoms with Crippen molar-refractivity contribution in [1.82, 2.24) is 5.32 Å². The average Bonchev–Trinajstić information content (AvgIpc) is 2.33. The van der Waals surface area contributed by atoms with Gasteiger partial charge in [0.05, 0.1) is 12.2 Å². The van der Waals surface area contributed by atoms with Crippen molar-refractivity contribution < 1.29 is 22.4 Å². The van der Waals surface area contributed by atoms with E-state index in [4.69, 9.17) is 6.42 Å². The molecule has 0 aliphatic heterocycles. The van der Waals surface area contributed by atoms with Gasteiger partial charge in [-0.05, 0) is 30.0 Å². The molecular weight excluding hydrogens is 296 g/mol. The number of hydrogen-bond donors (Lipinski definition) is 1. The van der Waals surface area contributed by atoms with Crippen LogP contribution in [-0.4, -0.2) is 25.1 Å². The van der Waals surface area contributed by atoms with Gasteiger partial charge in [-0.3, -0.25) is 4.90 Å². The minimum Gasteiger partial charge on any atom is -0.327 e. The van der Waals surface area contributed by atoms with Gasteiger partial charge in [-0.2, -0.15) is 13.2 Å². The molecule has 0 aliphatic rings. The van der Waals surface area contributed by atoms with Gasteiger partial charge >= 0.3 is 11.5 Å². The van der Waals surface area contributed by atoms with E-state index in [1.165, 1.54) is 7.05 Å². The molecule has 0 bridgehead atoms. The number of rotatable bonds is 3. The molecule has 3 nitrogen and oxygen atoms in total. The third-order valence-electron chi connectivity index (χ3n) is 2.16. The highest BCUT2D eigenvalue weighted by molar-refractivity contribution is 8.00. The molecule has 0 aliphatic carbocycles. The highest BCUT2D eigenvalue weighted by atomic mass is 32.2. The molecule has 20 heavy (non-hydrogen) atoms. The molecule has 1 N–H and O–H groups in total. The van der Waals surface area contributed by atoms with Crippen molar-refractivity contribution in [1.29, 1.82) is 0 Å². The maximum absolute atomic E-state index is 13.7. The second-order valence-electron chi connectivity index (χ2n) is 3.58. The van der Waals surface area contributed by atoms with Crippen LogP contribution in [0.25, 0.3) is 0 Å². The Morgan fingerprint density at radius 2 is 2.15 bits per heavy atom. The summed E-state index contributed by atoms with van der Waals surface area (Å²) >= 11 is -0.428. The Balaban J connectivity index is 2.88. The van der Waals surface area contributed by atoms with Crippen LogP contribution in [0.3, 0.4) is 0 Å².